The van der Waals surface area contributed by atoms with Crippen molar-refractivity contribution in [1.29, 1.82) is 0 Å². The second-order valence-corrected chi connectivity index (χ2v) is 4.43. The van der Waals surface area contributed by atoms with Crippen LogP contribution < -0.4 is 4.74 Å². The molecule has 1 aromatic carbocycles. The minimum absolute atomic E-state index is 0.0270. The highest BCUT2D eigenvalue weighted by atomic mass is 16.5. The van der Waals surface area contributed by atoms with E-state index >= 15 is 0 Å². The Morgan fingerprint density at radius 2 is 1.94 bits per heavy atom. The highest BCUT2D eigenvalue weighted by Gasteiger charge is 2.13. The summed E-state index contributed by atoms with van der Waals surface area (Å²) < 4.78 is 5.23. The maximum absolute atomic E-state index is 11.8. The minimum Gasteiger partial charge on any atom is -0.496 e. The summed E-state index contributed by atoms with van der Waals surface area (Å²) in [6, 6.07) is 5.21. The van der Waals surface area contributed by atoms with Gasteiger partial charge in [0.2, 0.25) is 0 Å². The van der Waals surface area contributed by atoms with E-state index in [2.05, 4.69) is 0 Å². The molecule has 4 nitrogen and oxygen atoms in total. The molecule has 18 heavy (non-hydrogen) atoms. The number of carboxylic acid groups (broad SMARTS) is 1. The standard InChI is InChI=1S/C14H18O4/c1-9(2)11-8-10(4-6-13(11)18-3)12(15)5-7-14(16)17/h4,6,8-9H,5,7H2,1-3H3,(H,16,17). The van der Waals surface area contributed by atoms with E-state index < -0.39 is 5.97 Å². The van der Waals surface area contributed by atoms with Crippen molar-refractivity contribution in [3.05, 3.63) is 29.3 Å². The molecule has 0 amide bonds. The fourth-order valence-corrected chi connectivity index (χ4v) is 1.72. The Morgan fingerprint density at radius 3 is 2.44 bits per heavy atom. The number of methoxy groups -OCH3 is 1. The van der Waals surface area contributed by atoms with Gasteiger partial charge in [-0.05, 0) is 29.7 Å². The summed E-state index contributed by atoms with van der Waals surface area (Å²) in [5.74, 6) is -0.116. The molecule has 1 N–H and O–H groups in total. The van der Waals surface area contributed by atoms with Gasteiger partial charge in [0.25, 0.3) is 0 Å². The number of ketones is 1. The number of ether oxygens (including phenoxy) is 1. The molecule has 1 aromatic rings. The third-order valence-electron chi connectivity index (χ3n) is 2.74. The first-order chi connectivity index (χ1) is 8.45. The van der Waals surface area contributed by atoms with Crippen molar-refractivity contribution >= 4 is 11.8 Å². The lowest BCUT2D eigenvalue weighted by Gasteiger charge is -2.13. The van der Waals surface area contributed by atoms with Crippen LogP contribution in [0.4, 0.5) is 0 Å². The van der Waals surface area contributed by atoms with Gasteiger partial charge in [0.15, 0.2) is 5.78 Å². The van der Waals surface area contributed by atoms with Crippen molar-refractivity contribution in [1.82, 2.24) is 0 Å². The van der Waals surface area contributed by atoms with Gasteiger partial charge in [-0.1, -0.05) is 13.8 Å². The predicted molar refractivity (Wildman–Crippen MR) is 68.3 cm³/mol. The molecule has 0 fully saturated rings. The van der Waals surface area contributed by atoms with Crippen LogP contribution in [0, 0.1) is 0 Å². The number of hydrogen-bond donors (Lipinski definition) is 1. The van der Waals surface area contributed by atoms with Gasteiger partial charge >= 0.3 is 5.97 Å². The zero-order chi connectivity index (χ0) is 13.7. The van der Waals surface area contributed by atoms with Crippen molar-refractivity contribution in [3.63, 3.8) is 0 Å². The van der Waals surface area contributed by atoms with Gasteiger partial charge in [0, 0.05) is 12.0 Å². The molecule has 98 valence electrons. The molecule has 1 rings (SSSR count). The quantitative estimate of drug-likeness (QED) is 0.788. The number of carboxylic acids is 1. The number of rotatable bonds is 6. The molecule has 0 aromatic heterocycles. The third-order valence-corrected chi connectivity index (χ3v) is 2.74. The van der Waals surface area contributed by atoms with Crippen molar-refractivity contribution in [2.24, 2.45) is 0 Å². The molecule has 0 aliphatic heterocycles. The first kappa shape index (κ1) is 14.2. The molecule has 0 bridgehead atoms. The summed E-state index contributed by atoms with van der Waals surface area (Å²) in [6.07, 6.45) is -0.110. The molecule has 0 aliphatic rings. The lowest BCUT2D eigenvalue weighted by molar-refractivity contribution is -0.136. The van der Waals surface area contributed by atoms with Gasteiger partial charge in [-0.15, -0.1) is 0 Å². The van der Waals surface area contributed by atoms with Crippen LogP contribution in [0.3, 0.4) is 0 Å². The molecule has 0 spiro atoms. The Morgan fingerprint density at radius 1 is 1.28 bits per heavy atom. The topological polar surface area (TPSA) is 63.6 Å². The second-order valence-electron chi connectivity index (χ2n) is 4.43. The number of carbonyl (C=O) groups is 2. The van der Waals surface area contributed by atoms with E-state index in [1.807, 2.05) is 13.8 Å². The zero-order valence-corrected chi connectivity index (χ0v) is 10.9. The van der Waals surface area contributed by atoms with Crippen LogP contribution >= 0.6 is 0 Å². The molecule has 0 unspecified atom stereocenters. The largest absolute Gasteiger partial charge is 0.496 e. The van der Waals surface area contributed by atoms with Crippen molar-refractivity contribution in [2.75, 3.05) is 7.11 Å². The van der Waals surface area contributed by atoms with E-state index in [0.29, 0.717) is 5.56 Å². The number of aliphatic carboxylic acids is 1. The summed E-state index contributed by atoms with van der Waals surface area (Å²) in [5, 5.41) is 8.56. The van der Waals surface area contributed by atoms with Crippen molar-refractivity contribution in [2.45, 2.75) is 32.6 Å². The first-order valence-corrected chi connectivity index (χ1v) is 5.88. The van der Waals surface area contributed by atoms with Gasteiger partial charge < -0.3 is 9.84 Å². The number of hydrogen-bond acceptors (Lipinski definition) is 3. The van der Waals surface area contributed by atoms with Gasteiger partial charge in [0.1, 0.15) is 5.75 Å². The number of carbonyl (C=O) groups excluding carboxylic acids is 1. The molecule has 4 heteroatoms. The lowest BCUT2D eigenvalue weighted by atomic mass is 9.97. The summed E-state index contributed by atoms with van der Waals surface area (Å²) in [4.78, 5) is 22.3. The highest BCUT2D eigenvalue weighted by molar-refractivity contribution is 5.97. The van der Waals surface area contributed by atoms with Crippen LogP contribution in [0.1, 0.15) is 48.5 Å². The maximum Gasteiger partial charge on any atom is 0.303 e. The first-order valence-electron chi connectivity index (χ1n) is 5.88. The number of benzene rings is 1. The smallest absolute Gasteiger partial charge is 0.303 e. The Balaban J connectivity index is 2.93. The maximum atomic E-state index is 11.8. The van der Waals surface area contributed by atoms with Gasteiger partial charge in [0.05, 0.1) is 13.5 Å². The Hall–Kier alpha value is -1.84. The van der Waals surface area contributed by atoms with Gasteiger partial charge in [-0.3, -0.25) is 9.59 Å². The average molecular weight is 250 g/mol. The van der Waals surface area contributed by atoms with Crippen LogP contribution in [0.15, 0.2) is 18.2 Å². The fraction of sp³-hybridized carbons (Fsp3) is 0.429. The van der Waals surface area contributed by atoms with Crippen LogP contribution in [0.25, 0.3) is 0 Å². The van der Waals surface area contributed by atoms with Crippen LogP contribution in [0.2, 0.25) is 0 Å². The second kappa shape index (κ2) is 6.19. The molecule has 0 saturated carbocycles. The molecule has 0 heterocycles. The van der Waals surface area contributed by atoms with Crippen LogP contribution in [-0.2, 0) is 4.79 Å². The summed E-state index contributed by atoms with van der Waals surface area (Å²) in [6.45, 7) is 4.03. The average Bonchev–Trinajstić information content (AvgIpc) is 2.34. The molecular formula is C14H18O4. The molecule has 0 radical (unpaired) electrons. The SMILES string of the molecule is COc1ccc(C(=O)CCC(=O)O)cc1C(C)C. The van der Waals surface area contributed by atoms with E-state index in [4.69, 9.17) is 9.84 Å². The molecular weight excluding hydrogens is 232 g/mol. The van der Waals surface area contributed by atoms with E-state index in [9.17, 15) is 9.59 Å². The number of Topliss-reactive ketones (excluding diaryl/α,β-unsaturated/α-hetero) is 1. The molecule has 0 atom stereocenters. The van der Waals surface area contributed by atoms with E-state index in [0.717, 1.165) is 11.3 Å². The Bertz CT molecular complexity index is 449. The summed E-state index contributed by atoms with van der Waals surface area (Å²) in [7, 11) is 1.59. The predicted octanol–water partition coefficient (Wildman–Crippen LogP) is 2.87. The molecule has 0 saturated heterocycles. The van der Waals surface area contributed by atoms with E-state index in [-0.39, 0.29) is 24.5 Å². The van der Waals surface area contributed by atoms with Gasteiger partial charge in [-0.2, -0.15) is 0 Å². The third kappa shape index (κ3) is 3.58. The summed E-state index contributed by atoms with van der Waals surface area (Å²) in [5.41, 5.74) is 1.50. The Kier molecular flexibility index (Phi) is 4.89. The lowest BCUT2D eigenvalue weighted by Crippen LogP contribution is -2.05. The fourth-order valence-electron chi connectivity index (χ4n) is 1.72. The highest BCUT2D eigenvalue weighted by Crippen LogP contribution is 2.27. The summed E-state index contributed by atoms with van der Waals surface area (Å²) >= 11 is 0. The van der Waals surface area contributed by atoms with Crippen LogP contribution in [0.5, 0.6) is 5.75 Å². The van der Waals surface area contributed by atoms with Gasteiger partial charge in [-0.25, -0.2) is 0 Å². The van der Waals surface area contributed by atoms with Crippen molar-refractivity contribution in [3.8, 4) is 5.75 Å². The van der Waals surface area contributed by atoms with Crippen molar-refractivity contribution < 1.29 is 19.4 Å². The van der Waals surface area contributed by atoms with E-state index in [1.165, 1.54) is 0 Å². The monoisotopic (exact) mass is 250 g/mol. The zero-order valence-electron chi connectivity index (χ0n) is 10.9. The van der Waals surface area contributed by atoms with E-state index in [1.54, 1.807) is 25.3 Å². The minimum atomic E-state index is -0.957. The Labute approximate surface area is 107 Å². The molecule has 0 aliphatic carbocycles. The van der Waals surface area contributed by atoms with Crippen LogP contribution in [-0.4, -0.2) is 24.0 Å². The normalized spacial score (nSPS) is 10.4.